The lowest BCUT2D eigenvalue weighted by atomic mass is 9.97. The number of Topliss-reactive ketones (excluding diaryl/α,β-unsaturated/α-hetero) is 1. The van der Waals surface area contributed by atoms with E-state index >= 15 is 0 Å². The van der Waals surface area contributed by atoms with E-state index in [9.17, 15) is 14.0 Å². The van der Waals surface area contributed by atoms with Crippen molar-refractivity contribution in [1.29, 1.82) is 0 Å². The average Bonchev–Trinajstić information content (AvgIpc) is 2.55. The number of anilines is 2. The fraction of sp³-hybridized carbons (Fsp3) is 0.278. The van der Waals surface area contributed by atoms with E-state index in [1.165, 1.54) is 12.0 Å². The Morgan fingerprint density at radius 1 is 1.25 bits per heavy atom. The molecule has 124 valence electrons. The van der Waals surface area contributed by atoms with Crippen LogP contribution in [0.3, 0.4) is 0 Å². The molecule has 1 aromatic carbocycles. The SMILES string of the molecule is COc1nc2c(cc1F)C(=O)CC(=O)N2c1ccccc1C(C)C. The summed E-state index contributed by atoms with van der Waals surface area (Å²) in [6.45, 7) is 4.02. The van der Waals surface area contributed by atoms with Crippen molar-refractivity contribution in [2.75, 3.05) is 12.0 Å². The van der Waals surface area contributed by atoms with Gasteiger partial charge in [0.05, 0.1) is 24.8 Å². The molecule has 6 heteroatoms. The van der Waals surface area contributed by atoms with Crippen molar-refractivity contribution in [3.63, 3.8) is 0 Å². The lowest BCUT2D eigenvalue weighted by Gasteiger charge is -2.30. The van der Waals surface area contributed by atoms with E-state index in [0.717, 1.165) is 11.6 Å². The maximum Gasteiger partial charge on any atom is 0.252 e. The van der Waals surface area contributed by atoms with E-state index in [1.54, 1.807) is 6.07 Å². The van der Waals surface area contributed by atoms with Crippen molar-refractivity contribution in [3.05, 3.63) is 47.3 Å². The first-order valence-electron chi connectivity index (χ1n) is 7.63. The standard InChI is InChI=1S/C18H17FN2O3/c1-10(2)11-6-4-5-7-14(11)21-16(23)9-15(22)12-8-13(19)18(24-3)20-17(12)21/h4-8,10H,9H2,1-3H3. The zero-order chi connectivity index (χ0) is 17.4. The molecule has 0 saturated carbocycles. The Morgan fingerprint density at radius 2 is 1.96 bits per heavy atom. The van der Waals surface area contributed by atoms with Crippen LogP contribution in [-0.4, -0.2) is 23.8 Å². The summed E-state index contributed by atoms with van der Waals surface area (Å²) in [5.74, 6) is -1.52. The van der Waals surface area contributed by atoms with Crippen LogP contribution in [0.25, 0.3) is 0 Å². The Labute approximate surface area is 139 Å². The van der Waals surface area contributed by atoms with Crippen molar-refractivity contribution in [2.45, 2.75) is 26.2 Å². The number of benzene rings is 1. The van der Waals surface area contributed by atoms with Crippen LogP contribution in [0.4, 0.5) is 15.9 Å². The Kier molecular flexibility index (Phi) is 4.05. The van der Waals surface area contributed by atoms with Gasteiger partial charge in [-0.2, -0.15) is 4.98 Å². The third-order valence-electron chi connectivity index (χ3n) is 3.99. The Bertz CT molecular complexity index is 833. The van der Waals surface area contributed by atoms with Crippen molar-refractivity contribution < 1.29 is 18.7 Å². The van der Waals surface area contributed by atoms with Gasteiger partial charge in [-0.1, -0.05) is 32.0 Å². The minimum absolute atomic E-state index is 0.0893. The molecule has 5 nitrogen and oxygen atoms in total. The summed E-state index contributed by atoms with van der Waals surface area (Å²) in [6, 6.07) is 8.50. The van der Waals surface area contributed by atoms with Crippen molar-refractivity contribution in [2.24, 2.45) is 0 Å². The molecule has 0 bridgehead atoms. The third-order valence-corrected chi connectivity index (χ3v) is 3.99. The fourth-order valence-corrected chi connectivity index (χ4v) is 2.84. The molecule has 3 rings (SSSR count). The number of hydrogen-bond acceptors (Lipinski definition) is 4. The number of nitrogens with zero attached hydrogens (tertiary/aromatic N) is 2. The van der Waals surface area contributed by atoms with Crippen LogP contribution in [0, 0.1) is 5.82 Å². The number of rotatable bonds is 3. The van der Waals surface area contributed by atoms with Crippen LogP contribution in [0.15, 0.2) is 30.3 Å². The number of halogens is 1. The second kappa shape index (κ2) is 6.03. The molecule has 1 aromatic heterocycles. The highest BCUT2D eigenvalue weighted by Gasteiger charge is 2.35. The predicted molar refractivity (Wildman–Crippen MR) is 87.4 cm³/mol. The number of ketones is 1. The normalized spacial score (nSPS) is 14.1. The number of carbonyl (C=O) groups is 2. The van der Waals surface area contributed by atoms with Gasteiger partial charge in [-0.3, -0.25) is 14.5 Å². The molecule has 0 fully saturated rings. The Morgan fingerprint density at radius 3 is 2.62 bits per heavy atom. The van der Waals surface area contributed by atoms with Crippen LogP contribution in [0.1, 0.15) is 42.1 Å². The number of ether oxygens (including phenoxy) is 1. The lowest BCUT2D eigenvalue weighted by Crippen LogP contribution is -2.35. The highest BCUT2D eigenvalue weighted by molar-refractivity contribution is 6.21. The molecule has 0 aliphatic carbocycles. The molecule has 0 atom stereocenters. The van der Waals surface area contributed by atoms with E-state index < -0.39 is 11.6 Å². The molecule has 1 amide bonds. The van der Waals surface area contributed by atoms with E-state index in [0.29, 0.717) is 5.69 Å². The van der Waals surface area contributed by atoms with Gasteiger partial charge in [0.15, 0.2) is 17.4 Å². The zero-order valence-corrected chi connectivity index (χ0v) is 13.7. The largest absolute Gasteiger partial charge is 0.479 e. The molecule has 0 spiro atoms. The van der Waals surface area contributed by atoms with Crippen LogP contribution >= 0.6 is 0 Å². The van der Waals surface area contributed by atoms with Gasteiger partial charge in [-0.25, -0.2) is 4.39 Å². The summed E-state index contributed by atoms with van der Waals surface area (Å²) in [5.41, 5.74) is 1.68. The summed E-state index contributed by atoms with van der Waals surface area (Å²) in [5, 5.41) is 0. The minimum Gasteiger partial charge on any atom is -0.479 e. The molecule has 0 saturated heterocycles. The minimum atomic E-state index is -0.726. The highest BCUT2D eigenvalue weighted by atomic mass is 19.1. The van der Waals surface area contributed by atoms with Crippen molar-refractivity contribution in [1.82, 2.24) is 4.98 Å². The number of amides is 1. The van der Waals surface area contributed by atoms with Crippen LogP contribution in [0.2, 0.25) is 0 Å². The second-order valence-corrected chi connectivity index (χ2v) is 5.89. The Hall–Kier alpha value is -2.76. The molecular formula is C18H17FN2O3. The number of carbonyl (C=O) groups excluding carboxylic acids is 2. The molecule has 2 aromatic rings. The molecule has 2 heterocycles. The van der Waals surface area contributed by atoms with E-state index in [4.69, 9.17) is 4.74 Å². The summed E-state index contributed by atoms with van der Waals surface area (Å²) in [6.07, 6.45) is -0.313. The number of methoxy groups -OCH3 is 1. The lowest BCUT2D eigenvalue weighted by molar-refractivity contribution is -0.117. The zero-order valence-electron chi connectivity index (χ0n) is 13.7. The van der Waals surface area contributed by atoms with E-state index in [2.05, 4.69) is 4.98 Å². The van der Waals surface area contributed by atoms with Crippen LogP contribution in [-0.2, 0) is 4.79 Å². The first-order valence-corrected chi connectivity index (χ1v) is 7.63. The van der Waals surface area contributed by atoms with Crippen molar-refractivity contribution in [3.8, 4) is 5.88 Å². The number of aromatic nitrogens is 1. The smallest absolute Gasteiger partial charge is 0.252 e. The number of pyridine rings is 1. The quantitative estimate of drug-likeness (QED) is 0.808. The van der Waals surface area contributed by atoms with Crippen LogP contribution < -0.4 is 9.64 Å². The molecule has 0 N–H and O–H groups in total. The molecular weight excluding hydrogens is 311 g/mol. The molecule has 1 aliphatic heterocycles. The maximum absolute atomic E-state index is 13.9. The second-order valence-electron chi connectivity index (χ2n) is 5.89. The van der Waals surface area contributed by atoms with E-state index in [-0.39, 0.29) is 35.5 Å². The number of hydrogen-bond donors (Lipinski definition) is 0. The van der Waals surface area contributed by atoms with Gasteiger partial charge in [-0.15, -0.1) is 0 Å². The monoisotopic (exact) mass is 328 g/mol. The molecule has 1 aliphatic rings. The van der Waals surface area contributed by atoms with Crippen molar-refractivity contribution >= 4 is 23.2 Å². The Balaban J connectivity index is 2.26. The molecule has 0 unspecified atom stereocenters. The summed E-state index contributed by atoms with van der Waals surface area (Å²) >= 11 is 0. The predicted octanol–water partition coefficient (Wildman–Crippen LogP) is 3.60. The summed E-state index contributed by atoms with van der Waals surface area (Å²) < 4.78 is 18.9. The van der Waals surface area contributed by atoms with Gasteiger partial charge in [0.25, 0.3) is 5.88 Å². The first kappa shape index (κ1) is 16.1. The first-order chi connectivity index (χ1) is 11.4. The molecule has 0 radical (unpaired) electrons. The summed E-state index contributed by atoms with van der Waals surface area (Å²) in [7, 11) is 1.29. The van der Waals surface area contributed by atoms with E-state index in [1.807, 2.05) is 32.0 Å². The average molecular weight is 328 g/mol. The maximum atomic E-state index is 13.9. The van der Waals surface area contributed by atoms with Gasteiger partial charge < -0.3 is 4.74 Å². The van der Waals surface area contributed by atoms with Gasteiger partial charge in [0.1, 0.15) is 0 Å². The summed E-state index contributed by atoms with van der Waals surface area (Å²) in [4.78, 5) is 30.2. The van der Waals surface area contributed by atoms with Gasteiger partial charge in [0, 0.05) is 0 Å². The third kappa shape index (κ3) is 2.54. The molecule has 24 heavy (non-hydrogen) atoms. The highest BCUT2D eigenvalue weighted by Crippen LogP contribution is 2.38. The van der Waals surface area contributed by atoms with Gasteiger partial charge >= 0.3 is 0 Å². The van der Waals surface area contributed by atoms with Gasteiger partial charge in [-0.05, 0) is 23.6 Å². The van der Waals surface area contributed by atoms with Gasteiger partial charge in [0.2, 0.25) is 5.91 Å². The fourth-order valence-electron chi connectivity index (χ4n) is 2.84. The topological polar surface area (TPSA) is 59.5 Å². The number of fused-ring (bicyclic) bond motifs is 1. The van der Waals surface area contributed by atoms with Crippen LogP contribution in [0.5, 0.6) is 5.88 Å². The number of para-hydroxylation sites is 1.